The number of hydrogen-bond acceptors (Lipinski definition) is 3. The van der Waals surface area contributed by atoms with E-state index >= 15 is 0 Å². The van der Waals surface area contributed by atoms with Gasteiger partial charge in [-0.05, 0) is 41.8 Å². The lowest BCUT2D eigenvalue weighted by molar-refractivity contribution is -0.116. The van der Waals surface area contributed by atoms with Crippen molar-refractivity contribution in [3.05, 3.63) is 59.1 Å². The van der Waals surface area contributed by atoms with Gasteiger partial charge in [-0.15, -0.1) is 0 Å². The molecule has 0 aliphatic carbocycles. The van der Waals surface area contributed by atoms with Gasteiger partial charge in [0.05, 0.1) is 4.90 Å². The van der Waals surface area contributed by atoms with Gasteiger partial charge >= 0.3 is 0 Å². The summed E-state index contributed by atoms with van der Waals surface area (Å²) in [4.78, 5) is 13.6. The number of anilines is 1. The summed E-state index contributed by atoms with van der Waals surface area (Å²) in [7, 11) is -3.63. The number of amides is 1. The lowest BCUT2D eigenvalue weighted by Gasteiger charge is -2.21. The third-order valence-electron chi connectivity index (χ3n) is 3.98. The van der Waals surface area contributed by atoms with Crippen molar-refractivity contribution < 1.29 is 13.2 Å². The molecule has 0 spiro atoms. The van der Waals surface area contributed by atoms with Gasteiger partial charge < -0.3 is 4.90 Å². The smallest absolute Gasteiger partial charge is 0.240 e. The molecule has 0 fully saturated rings. The number of carbonyl (C=O) groups excluding carboxylic acids is 1. The van der Waals surface area contributed by atoms with Crippen LogP contribution in [0.2, 0.25) is 5.02 Å². The first-order valence-corrected chi connectivity index (χ1v) is 10.2. The molecule has 0 heterocycles. The zero-order valence-corrected chi connectivity index (χ0v) is 16.6. The molecule has 0 saturated heterocycles. The van der Waals surface area contributed by atoms with E-state index in [0.29, 0.717) is 16.6 Å². The molecule has 1 amide bonds. The highest BCUT2D eigenvalue weighted by Crippen LogP contribution is 2.20. The highest BCUT2D eigenvalue weighted by molar-refractivity contribution is 7.89. The van der Waals surface area contributed by atoms with Crippen LogP contribution in [-0.2, 0) is 14.8 Å². The maximum absolute atomic E-state index is 12.4. The van der Waals surface area contributed by atoms with Gasteiger partial charge in [-0.25, -0.2) is 13.1 Å². The molecule has 0 unspecified atom stereocenters. The Hall–Kier alpha value is -1.89. The molecule has 0 atom stereocenters. The average Bonchev–Trinajstić information content (AvgIpc) is 2.58. The Morgan fingerprint density at radius 2 is 1.81 bits per heavy atom. The molecular formula is C19H23ClN2O3S. The summed E-state index contributed by atoms with van der Waals surface area (Å²) in [5.41, 5.74) is 1.71. The number of hydrogen-bond donors (Lipinski definition) is 1. The number of nitrogens with zero attached hydrogens (tertiary/aromatic N) is 1. The third-order valence-corrected chi connectivity index (χ3v) is 5.70. The van der Waals surface area contributed by atoms with Crippen molar-refractivity contribution in [2.45, 2.75) is 31.6 Å². The Morgan fingerprint density at radius 3 is 2.35 bits per heavy atom. The number of benzene rings is 2. The Bertz CT molecular complexity index is 865. The lowest BCUT2D eigenvalue weighted by atomic mass is 10.0. The molecule has 0 saturated carbocycles. The van der Waals surface area contributed by atoms with Gasteiger partial charge in [0.2, 0.25) is 15.9 Å². The third kappa shape index (κ3) is 5.30. The molecule has 0 aliphatic rings. The highest BCUT2D eigenvalue weighted by atomic mass is 35.5. The predicted molar refractivity (Wildman–Crippen MR) is 105 cm³/mol. The molecule has 0 bridgehead atoms. The second-order valence-electron chi connectivity index (χ2n) is 6.27. The second kappa shape index (κ2) is 8.66. The summed E-state index contributed by atoms with van der Waals surface area (Å²) in [6.45, 7) is 5.83. The molecule has 2 aromatic rings. The van der Waals surface area contributed by atoms with Crippen LogP contribution < -0.4 is 9.62 Å². The van der Waals surface area contributed by atoms with Crippen molar-refractivity contribution in [2.75, 3.05) is 18.0 Å². The van der Waals surface area contributed by atoms with E-state index in [9.17, 15) is 13.2 Å². The van der Waals surface area contributed by atoms with Crippen molar-refractivity contribution in [2.24, 2.45) is 0 Å². The molecule has 140 valence electrons. The first kappa shape index (κ1) is 20.4. The molecule has 2 aromatic carbocycles. The molecule has 26 heavy (non-hydrogen) atoms. The van der Waals surface area contributed by atoms with Crippen LogP contribution in [0.1, 0.15) is 32.3 Å². The van der Waals surface area contributed by atoms with Crippen LogP contribution in [0.25, 0.3) is 0 Å². The van der Waals surface area contributed by atoms with Crippen LogP contribution in [0, 0.1) is 0 Å². The van der Waals surface area contributed by atoms with Gasteiger partial charge in [-0.3, -0.25) is 4.79 Å². The van der Waals surface area contributed by atoms with E-state index in [1.165, 1.54) is 11.8 Å². The minimum Gasteiger partial charge on any atom is -0.311 e. The minimum absolute atomic E-state index is 0.0976. The van der Waals surface area contributed by atoms with Crippen molar-refractivity contribution >= 4 is 33.2 Å². The van der Waals surface area contributed by atoms with Crippen LogP contribution in [-0.4, -0.2) is 27.4 Å². The molecule has 0 aromatic heterocycles. The Morgan fingerprint density at radius 1 is 1.15 bits per heavy atom. The fourth-order valence-electron chi connectivity index (χ4n) is 2.52. The van der Waals surface area contributed by atoms with Crippen molar-refractivity contribution in [1.82, 2.24) is 4.72 Å². The number of sulfonamides is 1. The first-order valence-electron chi connectivity index (χ1n) is 8.34. The van der Waals surface area contributed by atoms with Gasteiger partial charge in [0, 0.05) is 30.7 Å². The van der Waals surface area contributed by atoms with Crippen LogP contribution in [0.3, 0.4) is 0 Å². The standard InChI is InChI=1S/C19H23ClN2O3S/c1-14(2)16-7-9-19(10-8-16)26(24,25)21-11-12-22(15(3)23)18-6-4-5-17(20)13-18/h4-10,13-14,21H,11-12H2,1-3H3. The van der Waals surface area contributed by atoms with E-state index in [2.05, 4.69) is 4.72 Å². The summed E-state index contributed by atoms with van der Waals surface area (Å²) in [6.07, 6.45) is 0. The van der Waals surface area contributed by atoms with Crippen LogP contribution in [0.15, 0.2) is 53.4 Å². The quantitative estimate of drug-likeness (QED) is 0.776. The monoisotopic (exact) mass is 394 g/mol. The topological polar surface area (TPSA) is 66.5 Å². The summed E-state index contributed by atoms with van der Waals surface area (Å²) in [5, 5.41) is 0.513. The fraction of sp³-hybridized carbons (Fsp3) is 0.316. The van der Waals surface area contributed by atoms with E-state index in [4.69, 9.17) is 11.6 Å². The molecule has 2 rings (SSSR count). The lowest BCUT2D eigenvalue weighted by Crippen LogP contribution is -2.37. The van der Waals surface area contributed by atoms with Crippen molar-refractivity contribution in [1.29, 1.82) is 0 Å². The molecule has 1 N–H and O–H groups in total. The first-order chi connectivity index (χ1) is 12.2. The zero-order chi connectivity index (χ0) is 19.3. The Labute approximate surface area is 160 Å². The van der Waals surface area contributed by atoms with E-state index in [-0.39, 0.29) is 23.9 Å². The Balaban J connectivity index is 2.05. The fourth-order valence-corrected chi connectivity index (χ4v) is 3.72. The SMILES string of the molecule is CC(=O)N(CCNS(=O)(=O)c1ccc(C(C)C)cc1)c1cccc(Cl)c1. The van der Waals surface area contributed by atoms with Crippen LogP contribution in [0.4, 0.5) is 5.69 Å². The number of carbonyl (C=O) groups is 1. The molecule has 0 aliphatic heterocycles. The van der Waals surface area contributed by atoms with Gasteiger partial charge in [-0.1, -0.05) is 43.6 Å². The Kier molecular flexibility index (Phi) is 6.81. The average molecular weight is 395 g/mol. The predicted octanol–water partition coefficient (Wildman–Crippen LogP) is 3.79. The second-order valence-corrected chi connectivity index (χ2v) is 8.48. The minimum atomic E-state index is -3.63. The van der Waals surface area contributed by atoms with E-state index < -0.39 is 10.0 Å². The van der Waals surface area contributed by atoms with Gasteiger partial charge in [0.1, 0.15) is 0 Å². The van der Waals surface area contributed by atoms with Crippen molar-refractivity contribution in [3.8, 4) is 0 Å². The number of halogens is 1. The van der Waals surface area contributed by atoms with Crippen LogP contribution >= 0.6 is 11.6 Å². The van der Waals surface area contributed by atoms with Crippen LogP contribution in [0.5, 0.6) is 0 Å². The largest absolute Gasteiger partial charge is 0.311 e. The summed E-state index contributed by atoms with van der Waals surface area (Å²) < 4.78 is 27.4. The highest BCUT2D eigenvalue weighted by Gasteiger charge is 2.16. The van der Waals surface area contributed by atoms with E-state index in [1.54, 1.807) is 36.4 Å². The maximum atomic E-state index is 12.4. The van der Waals surface area contributed by atoms with E-state index in [0.717, 1.165) is 5.56 Å². The van der Waals surface area contributed by atoms with Gasteiger partial charge in [-0.2, -0.15) is 0 Å². The molecule has 0 radical (unpaired) electrons. The molecule has 5 nitrogen and oxygen atoms in total. The number of nitrogens with one attached hydrogen (secondary N) is 1. The summed E-state index contributed by atoms with van der Waals surface area (Å²) in [6, 6.07) is 13.7. The van der Waals surface area contributed by atoms with Crippen molar-refractivity contribution in [3.63, 3.8) is 0 Å². The molecular weight excluding hydrogens is 372 g/mol. The summed E-state index contributed by atoms with van der Waals surface area (Å²) >= 11 is 5.97. The summed E-state index contributed by atoms with van der Waals surface area (Å²) in [5.74, 6) is 0.147. The normalized spacial score (nSPS) is 11.6. The van der Waals surface area contributed by atoms with E-state index in [1.807, 2.05) is 26.0 Å². The maximum Gasteiger partial charge on any atom is 0.240 e. The zero-order valence-electron chi connectivity index (χ0n) is 15.1. The van der Waals surface area contributed by atoms with Gasteiger partial charge in [0.25, 0.3) is 0 Å². The van der Waals surface area contributed by atoms with Gasteiger partial charge in [0.15, 0.2) is 0 Å². The number of rotatable bonds is 7. The molecule has 7 heteroatoms.